The number of esters is 1. The van der Waals surface area contributed by atoms with E-state index in [1.165, 1.54) is 10.9 Å². The Hall–Kier alpha value is -3.87. The molecule has 2 aromatic carbocycles. The van der Waals surface area contributed by atoms with Crippen LogP contribution in [0.25, 0.3) is 11.1 Å². The van der Waals surface area contributed by atoms with Crippen LogP contribution in [0.5, 0.6) is 11.5 Å². The minimum absolute atomic E-state index is 0.0193. The Morgan fingerprint density at radius 2 is 1.83 bits per heavy atom. The van der Waals surface area contributed by atoms with E-state index in [1.54, 1.807) is 20.0 Å². The van der Waals surface area contributed by atoms with E-state index in [2.05, 4.69) is 4.98 Å². The number of nitrogens with zero attached hydrogens (tertiary/aromatic N) is 2. The molecule has 7 heteroatoms. The topological polar surface area (TPSA) is 83.6 Å². The van der Waals surface area contributed by atoms with Gasteiger partial charge in [0, 0.05) is 12.6 Å². The second kappa shape index (κ2) is 7.63. The first-order chi connectivity index (χ1) is 14.0. The number of aryl methyl sites for hydroxylation is 2. The second-order valence-corrected chi connectivity index (χ2v) is 6.47. The summed E-state index contributed by atoms with van der Waals surface area (Å²) < 4.78 is 18.1. The van der Waals surface area contributed by atoms with E-state index >= 15 is 0 Å². The van der Waals surface area contributed by atoms with Crippen LogP contribution in [0.2, 0.25) is 0 Å². The Bertz CT molecular complexity index is 1240. The van der Waals surface area contributed by atoms with Crippen molar-refractivity contribution in [2.45, 2.75) is 13.5 Å². The van der Waals surface area contributed by atoms with Crippen molar-refractivity contribution in [1.82, 2.24) is 9.55 Å². The predicted molar refractivity (Wildman–Crippen MR) is 106 cm³/mol. The summed E-state index contributed by atoms with van der Waals surface area (Å²) in [6.07, 6.45) is 1.35. The molecule has 0 spiro atoms. The number of hydrogen-bond donors (Lipinski definition) is 0. The first-order valence-corrected chi connectivity index (χ1v) is 8.97. The smallest absolute Gasteiger partial charge is 0.342 e. The highest BCUT2D eigenvalue weighted by Gasteiger charge is 2.24. The number of carbonyl (C=O) groups is 1. The van der Waals surface area contributed by atoms with Crippen LogP contribution in [-0.2, 0) is 18.4 Å². The quantitative estimate of drug-likeness (QED) is 0.479. The Morgan fingerprint density at radius 1 is 1.10 bits per heavy atom. The first-order valence-electron chi connectivity index (χ1n) is 8.97. The Labute approximate surface area is 166 Å². The van der Waals surface area contributed by atoms with Crippen molar-refractivity contribution >= 4 is 17.1 Å². The number of benzene rings is 2. The van der Waals surface area contributed by atoms with Crippen molar-refractivity contribution in [2.24, 2.45) is 7.05 Å². The maximum atomic E-state index is 12.7. The number of para-hydroxylation sites is 2. The van der Waals surface area contributed by atoms with E-state index in [0.29, 0.717) is 17.1 Å². The van der Waals surface area contributed by atoms with Gasteiger partial charge in [-0.3, -0.25) is 4.79 Å². The molecular formula is C22H18N2O5. The fraction of sp³-hybridized carbons (Fsp3) is 0.136. The molecule has 0 aliphatic carbocycles. The average molecular weight is 390 g/mol. The molecule has 0 saturated heterocycles. The maximum absolute atomic E-state index is 12.7. The predicted octanol–water partition coefficient (Wildman–Crippen LogP) is 3.98. The molecule has 4 rings (SSSR count). The van der Waals surface area contributed by atoms with Crippen LogP contribution in [0.1, 0.15) is 21.7 Å². The van der Waals surface area contributed by atoms with Gasteiger partial charge in [0.1, 0.15) is 41.1 Å². The van der Waals surface area contributed by atoms with E-state index < -0.39 is 5.97 Å². The third kappa shape index (κ3) is 3.62. The molecule has 0 radical (unpaired) electrons. The standard InChI is InChI=1S/C22H18N2O5/c1-14-18(19-20(28-14)23-13-24(2)21(19)25)22(26)27-12-15-8-6-7-11-17(15)29-16-9-4-3-5-10-16/h3-11,13H,12H2,1-2H3. The zero-order valence-corrected chi connectivity index (χ0v) is 15.9. The number of fused-ring (bicyclic) bond motifs is 1. The van der Waals surface area contributed by atoms with Crippen molar-refractivity contribution < 1.29 is 18.7 Å². The number of rotatable bonds is 5. The van der Waals surface area contributed by atoms with Gasteiger partial charge in [-0.05, 0) is 25.1 Å². The lowest BCUT2D eigenvalue weighted by molar-refractivity contribution is 0.0470. The molecule has 0 atom stereocenters. The summed E-state index contributed by atoms with van der Waals surface area (Å²) in [7, 11) is 1.56. The molecule has 0 aliphatic rings. The molecule has 29 heavy (non-hydrogen) atoms. The van der Waals surface area contributed by atoms with Crippen molar-refractivity contribution in [3.05, 3.63) is 88.2 Å². The molecule has 7 nitrogen and oxygen atoms in total. The Morgan fingerprint density at radius 3 is 2.62 bits per heavy atom. The molecule has 0 fully saturated rings. The molecule has 146 valence electrons. The zero-order chi connectivity index (χ0) is 20.4. The van der Waals surface area contributed by atoms with Gasteiger partial charge in [-0.15, -0.1) is 0 Å². The average Bonchev–Trinajstić information content (AvgIpc) is 3.07. The molecule has 0 amide bonds. The van der Waals surface area contributed by atoms with Crippen molar-refractivity contribution in [3.8, 4) is 11.5 Å². The summed E-state index contributed by atoms with van der Waals surface area (Å²) in [4.78, 5) is 29.2. The highest BCUT2D eigenvalue weighted by atomic mass is 16.5. The third-order valence-electron chi connectivity index (χ3n) is 4.45. The molecule has 0 saturated carbocycles. The van der Waals surface area contributed by atoms with Crippen LogP contribution >= 0.6 is 0 Å². The van der Waals surface area contributed by atoms with Gasteiger partial charge in [0.25, 0.3) is 5.56 Å². The van der Waals surface area contributed by atoms with E-state index in [1.807, 2.05) is 48.5 Å². The first kappa shape index (κ1) is 18.5. The number of ether oxygens (including phenoxy) is 2. The highest BCUT2D eigenvalue weighted by Crippen LogP contribution is 2.27. The Kier molecular flexibility index (Phi) is 4.87. The maximum Gasteiger partial charge on any atom is 0.342 e. The van der Waals surface area contributed by atoms with Crippen molar-refractivity contribution in [3.63, 3.8) is 0 Å². The van der Waals surface area contributed by atoms with Gasteiger partial charge in [-0.2, -0.15) is 0 Å². The second-order valence-electron chi connectivity index (χ2n) is 6.47. The summed E-state index contributed by atoms with van der Waals surface area (Å²) >= 11 is 0. The molecule has 4 aromatic rings. The van der Waals surface area contributed by atoms with Gasteiger partial charge in [-0.1, -0.05) is 36.4 Å². The highest BCUT2D eigenvalue weighted by molar-refractivity contribution is 6.03. The van der Waals surface area contributed by atoms with E-state index in [9.17, 15) is 9.59 Å². The van der Waals surface area contributed by atoms with Crippen LogP contribution < -0.4 is 10.3 Å². The molecular weight excluding hydrogens is 372 g/mol. The summed E-state index contributed by atoms with van der Waals surface area (Å²) in [6, 6.07) is 16.6. The van der Waals surface area contributed by atoms with Crippen molar-refractivity contribution in [1.29, 1.82) is 0 Å². The molecule has 0 unspecified atom stereocenters. The molecule has 0 bridgehead atoms. The van der Waals surface area contributed by atoms with Crippen LogP contribution in [0.15, 0.2) is 70.1 Å². The molecule has 2 heterocycles. The number of hydrogen-bond acceptors (Lipinski definition) is 6. The monoisotopic (exact) mass is 390 g/mol. The van der Waals surface area contributed by atoms with Crippen LogP contribution in [0, 0.1) is 6.92 Å². The van der Waals surface area contributed by atoms with E-state index in [4.69, 9.17) is 13.9 Å². The SMILES string of the molecule is Cc1oc2ncn(C)c(=O)c2c1C(=O)OCc1ccccc1Oc1ccccc1. The van der Waals surface area contributed by atoms with Gasteiger partial charge in [-0.25, -0.2) is 9.78 Å². The van der Waals surface area contributed by atoms with Gasteiger partial charge in [0.15, 0.2) is 0 Å². The largest absolute Gasteiger partial charge is 0.457 e. The van der Waals surface area contributed by atoms with Crippen LogP contribution in [-0.4, -0.2) is 15.5 Å². The lowest BCUT2D eigenvalue weighted by Crippen LogP contribution is -2.19. The minimum Gasteiger partial charge on any atom is -0.457 e. The van der Waals surface area contributed by atoms with E-state index in [-0.39, 0.29) is 34.6 Å². The van der Waals surface area contributed by atoms with Crippen molar-refractivity contribution in [2.75, 3.05) is 0 Å². The van der Waals surface area contributed by atoms with Gasteiger partial charge >= 0.3 is 5.97 Å². The van der Waals surface area contributed by atoms with E-state index in [0.717, 1.165) is 0 Å². The summed E-state index contributed by atoms with van der Waals surface area (Å²) in [5, 5.41) is 0.117. The molecule has 2 aromatic heterocycles. The number of aromatic nitrogens is 2. The number of carbonyl (C=O) groups excluding carboxylic acids is 1. The Balaban J connectivity index is 1.59. The fourth-order valence-corrected chi connectivity index (χ4v) is 2.99. The molecule has 0 aliphatic heterocycles. The van der Waals surface area contributed by atoms with Gasteiger partial charge in [0.2, 0.25) is 5.71 Å². The minimum atomic E-state index is -0.652. The van der Waals surface area contributed by atoms with Gasteiger partial charge < -0.3 is 18.5 Å². The normalized spacial score (nSPS) is 10.8. The zero-order valence-electron chi connectivity index (χ0n) is 15.9. The molecule has 0 N–H and O–H groups in total. The number of furan rings is 1. The summed E-state index contributed by atoms with van der Waals surface area (Å²) in [6.45, 7) is 1.58. The van der Waals surface area contributed by atoms with Gasteiger partial charge in [0.05, 0.1) is 0 Å². The van der Waals surface area contributed by atoms with Crippen LogP contribution in [0.3, 0.4) is 0 Å². The summed E-state index contributed by atoms with van der Waals surface area (Å²) in [5.74, 6) is 0.894. The summed E-state index contributed by atoms with van der Waals surface area (Å²) in [5.41, 5.74) is 0.535. The third-order valence-corrected chi connectivity index (χ3v) is 4.45. The lowest BCUT2D eigenvalue weighted by Gasteiger charge is -2.11. The fourth-order valence-electron chi connectivity index (χ4n) is 2.99. The van der Waals surface area contributed by atoms with Crippen LogP contribution in [0.4, 0.5) is 0 Å². The lowest BCUT2D eigenvalue weighted by atomic mass is 10.2.